The first-order valence-corrected chi connectivity index (χ1v) is 9.33. The lowest BCUT2D eigenvalue weighted by atomic mass is 10.3. The van der Waals surface area contributed by atoms with E-state index in [4.69, 9.17) is 29.6 Å². The van der Waals surface area contributed by atoms with E-state index in [0.29, 0.717) is 15.6 Å². The van der Waals surface area contributed by atoms with Gasteiger partial charge in [-0.3, -0.25) is 4.72 Å². The third-order valence-electron chi connectivity index (χ3n) is 2.26. The molecular formula is C11H8ClIN2O2S3. The molecule has 1 aromatic heterocycles. The smallest absolute Gasteiger partial charge is 0.271 e. The summed E-state index contributed by atoms with van der Waals surface area (Å²) in [5, 5.41) is 0.339. The molecule has 0 atom stereocenters. The van der Waals surface area contributed by atoms with Gasteiger partial charge in [-0.2, -0.15) is 0 Å². The highest BCUT2D eigenvalue weighted by Crippen LogP contribution is 2.28. The molecule has 0 amide bonds. The summed E-state index contributed by atoms with van der Waals surface area (Å²) in [7, 11) is -3.69. The fourth-order valence-corrected chi connectivity index (χ4v) is 4.75. The number of nitrogens with one attached hydrogen (secondary N) is 1. The van der Waals surface area contributed by atoms with Crippen molar-refractivity contribution in [2.75, 3.05) is 4.72 Å². The number of anilines is 1. The summed E-state index contributed by atoms with van der Waals surface area (Å²) in [5.41, 5.74) is 5.80. The van der Waals surface area contributed by atoms with E-state index in [1.807, 2.05) is 0 Å². The summed E-state index contributed by atoms with van der Waals surface area (Å²) >= 11 is 13.9. The average molecular weight is 459 g/mol. The summed E-state index contributed by atoms with van der Waals surface area (Å²) in [4.78, 5) is 0.720. The van der Waals surface area contributed by atoms with Crippen LogP contribution in [0.3, 0.4) is 0 Å². The highest BCUT2D eigenvalue weighted by Gasteiger charge is 2.18. The molecule has 1 heterocycles. The van der Waals surface area contributed by atoms with Gasteiger partial charge in [0, 0.05) is 3.57 Å². The molecule has 3 N–H and O–H groups in total. The van der Waals surface area contributed by atoms with Crippen molar-refractivity contribution < 1.29 is 8.42 Å². The molecule has 9 heteroatoms. The minimum atomic E-state index is -3.69. The molecule has 0 spiro atoms. The zero-order chi connectivity index (χ0) is 14.9. The van der Waals surface area contributed by atoms with Gasteiger partial charge in [-0.25, -0.2) is 8.42 Å². The summed E-state index contributed by atoms with van der Waals surface area (Å²) in [6, 6.07) is 8.09. The van der Waals surface area contributed by atoms with Crippen molar-refractivity contribution in [3.8, 4) is 0 Å². The van der Waals surface area contributed by atoms with Gasteiger partial charge in [0.2, 0.25) is 0 Å². The molecule has 1 aromatic carbocycles. The Bertz CT molecular complexity index is 774. The Morgan fingerprint density at radius 3 is 2.60 bits per heavy atom. The first-order valence-electron chi connectivity index (χ1n) is 5.17. The molecule has 0 aliphatic heterocycles. The van der Waals surface area contributed by atoms with E-state index >= 15 is 0 Å². The van der Waals surface area contributed by atoms with E-state index in [0.717, 1.165) is 14.9 Å². The van der Waals surface area contributed by atoms with Crippen molar-refractivity contribution in [3.63, 3.8) is 0 Å². The summed E-state index contributed by atoms with van der Waals surface area (Å²) in [6.07, 6.45) is 0. The van der Waals surface area contributed by atoms with E-state index in [1.165, 1.54) is 6.07 Å². The summed E-state index contributed by atoms with van der Waals surface area (Å²) in [5.74, 6) is 0. The third kappa shape index (κ3) is 3.61. The van der Waals surface area contributed by atoms with Gasteiger partial charge < -0.3 is 5.73 Å². The number of nitrogens with two attached hydrogens (primary N) is 1. The Morgan fingerprint density at radius 1 is 1.35 bits per heavy atom. The predicted molar refractivity (Wildman–Crippen MR) is 95.2 cm³/mol. The molecule has 0 aliphatic rings. The summed E-state index contributed by atoms with van der Waals surface area (Å²) < 4.78 is 28.0. The van der Waals surface area contributed by atoms with Gasteiger partial charge in [0.25, 0.3) is 10.0 Å². The third-order valence-corrected chi connectivity index (χ3v) is 6.57. The molecule has 2 rings (SSSR count). The number of halogens is 2. The Hall–Kier alpha value is -0.420. The van der Waals surface area contributed by atoms with Crippen LogP contribution in [0.4, 0.5) is 5.69 Å². The predicted octanol–water partition coefficient (Wildman–Crippen LogP) is 3.44. The van der Waals surface area contributed by atoms with Crippen LogP contribution in [0.5, 0.6) is 0 Å². The molecule has 0 unspecified atom stereocenters. The lowest BCUT2D eigenvalue weighted by Gasteiger charge is -2.08. The fourth-order valence-electron chi connectivity index (χ4n) is 1.36. The monoisotopic (exact) mass is 458 g/mol. The second-order valence-electron chi connectivity index (χ2n) is 3.71. The van der Waals surface area contributed by atoms with Gasteiger partial charge in [-0.15, -0.1) is 11.3 Å². The van der Waals surface area contributed by atoms with Crippen molar-refractivity contribution in [2.24, 2.45) is 5.73 Å². The minimum absolute atomic E-state index is 0.134. The highest BCUT2D eigenvalue weighted by molar-refractivity contribution is 14.1. The lowest BCUT2D eigenvalue weighted by molar-refractivity contribution is 0.603. The van der Waals surface area contributed by atoms with Crippen LogP contribution in [-0.4, -0.2) is 13.4 Å². The number of thiophene rings is 1. The van der Waals surface area contributed by atoms with Crippen molar-refractivity contribution in [1.29, 1.82) is 0 Å². The molecule has 0 radical (unpaired) electrons. The van der Waals surface area contributed by atoms with Crippen LogP contribution in [0, 0.1) is 3.57 Å². The number of benzene rings is 1. The molecule has 4 nitrogen and oxygen atoms in total. The Morgan fingerprint density at radius 2 is 2.05 bits per heavy atom. The molecule has 0 saturated heterocycles. The van der Waals surface area contributed by atoms with Gasteiger partial charge in [-0.1, -0.05) is 23.8 Å². The average Bonchev–Trinajstić information content (AvgIpc) is 2.83. The molecule has 2 aromatic rings. The van der Waals surface area contributed by atoms with E-state index < -0.39 is 10.0 Å². The Balaban J connectivity index is 2.33. The fraction of sp³-hybridized carbons (Fsp3) is 0. The number of hydrogen-bond acceptors (Lipinski definition) is 4. The van der Waals surface area contributed by atoms with E-state index in [9.17, 15) is 8.42 Å². The molecule has 0 aliphatic carbocycles. The van der Waals surface area contributed by atoms with Crippen LogP contribution in [-0.2, 0) is 10.0 Å². The first-order chi connectivity index (χ1) is 9.29. The van der Waals surface area contributed by atoms with E-state index in [2.05, 4.69) is 27.3 Å². The topological polar surface area (TPSA) is 72.2 Å². The lowest BCUT2D eigenvalue weighted by Crippen LogP contribution is -2.12. The molecule has 0 bridgehead atoms. The maximum absolute atomic E-state index is 12.2. The van der Waals surface area contributed by atoms with E-state index in [-0.39, 0.29) is 9.20 Å². The van der Waals surface area contributed by atoms with Crippen LogP contribution < -0.4 is 10.5 Å². The Kier molecular flexibility index (Phi) is 4.90. The van der Waals surface area contributed by atoms with Crippen LogP contribution in [0.1, 0.15) is 4.88 Å². The molecule has 106 valence electrons. The number of hydrogen-bond donors (Lipinski definition) is 2. The first kappa shape index (κ1) is 16.0. The van der Waals surface area contributed by atoms with Crippen LogP contribution in [0.15, 0.2) is 34.5 Å². The zero-order valence-electron chi connectivity index (χ0n) is 9.76. The van der Waals surface area contributed by atoms with Gasteiger partial charge in [0.1, 0.15) is 9.20 Å². The quantitative estimate of drug-likeness (QED) is 0.544. The number of thiocarbonyl (C=S) groups is 1. The zero-order valence-corrected chi connectivity index (χ0v) is 15.1. The van der Waals surface area contributed by atoms with Gasteiger partial charge in [0.05, 0.1) is 15.6 Å². The van der Waals surface area contributed by atoms with Gasteiger partial charge >= 0.3 is 0 Å². The molecular weight excluding hydrogens is 451 g/mol. The SMILES string of the molecule is NC(=S)c1ccc(S(=O)(=O)Nc2ccc(I)cc2Cl)s1. The summed E-state index contributed by atoms with van der Waals surface area (Å²) in [6.45, 7) is 0. The second kappa shape index (κ2) is 6.14. The standard InChI is InChI=1S/C11H8ClIN2O2S3/c12-7-5-6(13)1-2-8(7)15-20(16,17)10-4-3-9(19-10)11(14)18/h1-5,15H,(H2,14,18). The van der Waals surface area contributed by atoms with Gasteiger partial charge in [0.15, 0.2) is 0 Å². The van der Waals surface area contributed by atoms with Gasteiger partial charge in [-0.05, 0) is 52.9 Å². The number of sulfonamides is 1. The maximum atomic E-state index is 12.2. The van der Waals surface area contributed by atoms with Crippen molar-refractivity contribution in [2.45, 2.75) is 4.21 Å². The molecule has 0 saturated carbocycles. The van der Waals surface area contributed by atoms with Crippen molar-refractivity contribution >= 4 is 78.4 Å². The molecule has 0 fully saturated rings. The van der Waals surface area contributed by atoms with E-state index in [1.54, 1.807) is 24.3 Å². The second-order valence-corrected chi connectivity index (χ2v) is 8.80. The Labute approximate surface area is 144 Å². The van der Waals surface area contributed by atoms with Crippen LogP contribution in [0.25, 0.3) is 0 Å². The normalized spacial score (nSPS) is 11.3. The van der Waals surface area contributed by atoms with Crippen molar-refractivity contribution in [3.05, 3.63) is 43.8 Å². The number of rotatable bonds is 4. The van der Waals surface area contributed by atoms with Crippen LogP contribution >= 0.6 is 57.7 Å². The maximum Gasteiger partial charge on any atom is 0.271 e. The van der Waals surface area contributed by atoms with Crippen molar-refractivity contribution in [1.82, 2.24) is 0 Å². The molecule has 20 heavy (non-hydrogen) atoms. The highest BCUT2D eigenvalue weighted by atomic mass is 127. The minimum Gasteiger partial charge on any atom is -0.389 e. The largest absolute Gasteiger partial charge is 0.389 e. The van der Waals surface area contributed by atoms with Crippen LogP contribution in [0.2, 0.25) is 5.02 Å².